The van der Waals surface area contributed by atoms with Gasteiger partial charge >= 0.3 is 6.36 Å². The lowest BCUT2D eigenvalue weighted by Crippen LogP contribution is -2.48. The number of rotatable bonds is 7. The van der Waals surface area contributed by atoms with Gasteiger partial charge in [0, 0.05) is 26.7 Å². The zero-order valence-corrected chi connectivity index (χ0v) is 22.5. The fraction of sp³-hybridized carbons (Fsp3) is 0.462. The molecule has 13 heteroatoms. The lowest BCUT2D eigenvalue weighted by molar-refractivity contribution is -0.274. The predicted octanol–water partition coefficient (Wildman–Crippen LogP) is 2.90. The van der Waals surface area contributed by atoms with E-state index in [0.29, 0.717) is 30.6 Å². The minimum absolute atomic E-state index is 0.0383. The van der Waals surface area contributed by atoms with E-state index in [0.717, 1.165) is 0 Å². The molecule has 39 heavy (non-hydrogen) atoms. The van der Waals surface area contributed by atoms with Crippen LogP contribution in [-0.4, -0.2) is 79.0 Å². The van der Waals surface area contributed by atoms with E-state index >= 15 is 0 Å². The van der Waals surface area contributed by atoms with Gasteiger partial charge in [-0.15, -0.1) is 13.2 Å². The summed E-state index contributed by atoms with van der Waals surface area (Å²) in [4.78, 5) is 29.1. The highest BCUT2D eigenvalue weighted by molar-refractivity contribution is 7.94. The maximum absolute atomic E-state index is 13.4. The SMILES string of the molecule is CN(C(=O)Cc1ccc2c(c1)NC(=O)C(C)(C)S2(=O)=O)[C@H](CN1CC[C@H](O)C1)c1cccc(OC(F)(F)F)c1. The number of hydrogen-bond donors (Lipinski definition) is 2. The van der Waals surface area contributed by atoms with Crippen molar-refractivity contribution >= 4 is 27.3 Å². The Morgan fingerprint density at radius 1 is 1.26 bits per heavy atom. The van der Waals surface area contributed by atoms with Crippen LogP contribution in [0.5, 0.6) is 5.75 Å². The van der Waals surface area contributed by atoms with Crippen LogP contribution in [0, 0.1) is 0 Å². The van der Waals surface area contributed by atoms with Crippen LogP contribution in [0.3, 0.4) is 0 Å². The molecule has 0 saturated carbocycles. The third-order valence-corrected chi connectivity index (χ3v) is 9.64. The highest BCUT2D eigenvalue weighted by Crippen LogP contribution is 2.37. The Kier molecular flexibility index (Phi) is 7.71. The number of benzene rings is 2. The van der Waals surface area contributed by atoms with Crippen LogP contribution in [-0.2, 0) is 25.8 Å². The van der Waals surface area contributed by atoms with E-state index in [1.54, 1.807) is 6.07 Å². The number of alkyl halides is 3. The molecule has 2 atom stereocenters. The van der Waals surface area contributed by atoms with Crippen molar-refractivity contribution in [3.63, 3.8) is 0 Å². The molecule has 2 aliphatic heterocycles. The lowest BCUT2D eigenvalue weighted by Gasteiger charge is -2.33. The smallest absolute Gasteiger partial charge is 0.406 e. The summed E-state index contributed by atoms with van der Waals surface area (Å²) in [6.07, 6.45) is -5.01. The molecular weight excluding hydrogens is 539 g/mol. The minimum Gasteiger partial charge on any atom is -0.406 e. The number of aliphatic hydroxyl groups is 1. The van der Waals surface area contributed by atoms with Gasteiger partial charge in [-0.1, -0.05) is 18.2 Å². The highest BCUT2D eigenvalue weighted by atomic mass is 32.2. The quantitative estimate of drug-likeness (QED) is 0.527. The molecule has 9 nitrogen and oxygen atoms in total. The first-order valence-electron chi connectivity index (χ1n) is 12.3. The average molecular weight is 570 g/mol. The second-order valence-corrected chi connectivity index (χ2v) is 12.8. The maximum atomic E-state index is 13.4. The molecule has 0 radical (unpaired) electrons. The summed E-state index contributed by atoms with van der Waals surface area (Å²) in [5.74, 6) is -1.47. The molecule has 4 rings (SSSR count). The second-order valence-electron chi connectivity index (χ2n) is 10.3. The molecule has 2 aliphatic rings. The number of hydrogen-bond acceptors (Lipinski definition) is 7. The van der Waals surface area contributed by atoms with Crippen LogP contribution in [0.15, 0.2) is 47.4 Å². The largest absolute Gasteiger partial charge is 0.573 e. The molecule has 1 saturated heterocycles. The van der Waals surface area contributed by atoms with Gasteiger partial charge in [0.15, 0.2) is 9.84 Å². The molecule has 0 aliphatic carbocycles. The van der Waals surface area contributed by atoms with Gasteiger partial charge in [0.2, 0.25) is 11.8 Å². The van der Waals surface area contributed by atoms with E-state index in [1.807, 2.05) is 4.90 Å². The first-order chi connectivity index (χ1) is 18.1. The number of likely N-dealkylation sites (tertiary alicyclic amines) is 1. The van der Waals surface area contributed by atoms with Crippen LogP contribution in [0.1, 0.15) is 37.4 Å². The molecule has 0 aromatic heterocycles. The summed E-state index contributed by atoms with van der Waals surface area (Å²) in [6.45, 7) is 3.84. The zero-order chi connectivity index (χ0) is 28.8. The molecule has 212 valence electrons. The number of carbonyl (C=O) groups is 2. The number of amides is 2. The van der Waals surface area contributed by atoms with Crippen molar-refractivity contribution in [1.29, 1.82) is 0 Å². The third kappa shape index (κ3) is 6.04. The zero-order valence-electron chi connectivity index (χ0n) is 21.7. The van der Waals surface area contributed by atoms with E-state index in [4.69, 9.17) is 0 Å². The van der Waals surface area contributed by atoms with Gasteiger partial charge in [-0.25, -0.2) is 8.42 Å². The Morgan fingerprint density at radius 3 is 2.62 bits per heavy atom. The number of fused-ring (bicyclic) bond motifs is 1. The van der Waals surface area contributed by atoms with E-state index in [9.17, 15) is 36.3 Å². The van der Waals surface area contributed by atoms with Gasteiger partial charge in [-0.05, 0) is 55.7 Å². The number of anilines is 1. The molecule has 2 heterocycles. The highest BCUT2D eigenvalue weighted by Gasteiger charge is 2.47. The number of nitrogens with zero attached hydrogens (tertiary/aromatic N) is 2. The average Bonchev–Trinajstić information content (AvgIpc) is 3.25. The van der Waals surface area contributed by atoms with Gasteiger partial charge in [-0.2, -0.15) is 0 Å². The van der Waals surface area contributed by atoms with Crippen molar-refractivity contribution in [3.05, 3.63) is 53.6 Å². The Labute approximate surface area is 224 Å². The lowest BCUT2D eigenvalue weighted by atomic mass is 10.0. The summed E-state index contributed by atoms with van der Waals surface area (Å²) in [7, 11) is -2.41. The molecule has 0 unspecified atom stereocenters. The van der Waals surface area contributed by atoms with Crippen LogP contribution in [0.25, 0.3) is 0 Å². The van der Waals surface area contributed by atoms with E-state index in [-0.39, 0.29) is 29.5 Å². The first-order valence-corrected chi connectivity index (χ1v) is 13.8. The molecule has 0 spiro atoms. The Balaban J connectivity index is 1.59. The van der Waals surface area contributed by atoms with Crippen molar-refractivity contribution in [2.75, 3.05) is 32.0 Å². The molecule has 0 bridgehead atoms. The normalized spacial score (nSPS) is 21.1. The molecular formula is C26H30F3N3O6S. The van der Waals surface area contributed by atoms with E-state index < -0.39 is 44.7 Å². The maximum Gasteiger partial charge on any atom is 0.573 e. The van der Waals surface area contributed by atoms with Crippen molar-refractivity contribution in [2.24, 2.45) is 0 Å². The number of sulfone groups is 1. The van der Waals surface area contributed by atoms with Crippen LogP contribution in [0.2, 0.25) is 0 Å². The number of ether oxygens (including phenoxy) is 1. The predicted molar refractivity (Wildman–Crippen MR) is 136 cm³/mol. The van der Waals surface area contributed by atoms with Gasteiger partial charge in [0.05, 0.1) is 29.1 Å². The van der Waals surface area contributed by atoms with Crippen molar-refractivity contribution < 1.29 is 41.0 Å². The number of nitrogens with one attached hydrogen (secondary N) is 1. The van der Waals surface area contributed by atoms with Gasteiger partial charge in [-0.3, -0.25) is 14.5 Å². The van der Waals surface area contributed by atoms with Crippen molar-refractivity contribution in [1.82, 2.24) is 9.80 Å². The monoisotopic (exact) mass is 569 g/mol. The topological polar surface area (TPSA) is 116 Å². The Bertz CT molecular complexity index is 1380. The summed E-state index contributed by atoms with van der Waals surface area (Å²) in [5.41, 5.74) is 0.956. The van der Waals surface area contributed by atoms with Gasteiger partial charge in [0.1, 0.15) is 10.5 Å². The fourth-order valence-electron chi connectivity index (χ4n) is 4.76. The van der Waals surface area contributed by atoms with Crippen molar-refractivity contribution in [2.45, 2.75) is 54.8 Å². The first kappa shape index (κ1) is 28.8. The number of likely N-dealkylation sites (N-methyl/N-ethyl adjacent to an activating group) is 1. The Morgan fingerprint density at radius 2 is 1.97 bits per heavy atom. The standard InChI is InChI=1S/C26H30F3N3O6S/c1-25(2)24(35)30-20-11-16(7-8-22(20)39(25,36)37)12-23(34)31(3)21(15-32-10-9-18(33)14-32)17-5-4-6-19(13-17)38-26(27,28)29/h4-8,11,13,18,21,33H,9-10,12,14-15H2,1-3H3,(H,30,35)/t18-,21+/m0/s1. The fourth-order valence-corrected chi connectivity index (χ4v) is 6.25. The van der Waals surface area contributed by atoms with Gasteiger partial charge < -0.3 is 20.1 Å². The molecule has 2 N–H and O–H groups in total. The number of aliphatic hydroxyl groups excluding tert-OH is 1. The molecule has 2 aromatic rings. The summed E-state index contributed by atoms with van der Waals surface area (Å²) in [6, 6.07) is 9.05. The minimum atomic E-state index is -4.88. The second kappa shape index (κ2) is 10.4. The molecule has 2 aromatic carbocycles. The van der Waals surface area contributed by atoms with Crippen LogP contribution >= 0.6 is 0 Å². The third-order valence-electron chi connectivity index (χ3n) is 7.17. The van der Waals surface area contributed by atoms with E-state index in [1.165, 1.54) is 62.2 Å². The van der Waals surface area contributed by atoms with Gasteiger partial charge in [0.25, 0.3) is 0 Å². The van der Waals surface area contributed by atoms with Crippen LogP contribution in [0.4, 0.5) is 18.9 Å². The number of β-amino-alcohol motifs (C(OH)–C–C–N with tert-alkyl or cyclic N) is 1. The molecule has 1 fully saturated rings. The molecule has 2 amide bonds. The van der Waals surface area contributed by atoms with Crippen LogP contribution < -0.4 is 10.1 Å². The van der Waals surface area contributed by atoms with Crippen molar-refractivity contribution in [3.8, 4) is 5.75 Å². The Hall–Kier alpha value is -3.16. The summed E-state index contributed by atoms with van der Waals surface area (Å²) >= 11 is 0. The summed E-state index contributed by atoms with van der Waals surface area (Å²) < 4.78 is 66.7. The van der Waals surface area contributed by atoms with E-state index in [2.05, 4.69) is 10.1 Å². The number of carbonyl (C=O) groups excluding carboxylic acids is 2. The summed E-state index contributed by atoms with van der Waals surface area (Å²) in [5, 5.41) is 12.5. The number of halogens is 3.